The van der Waals surface area contributed by atoms with Crippen LogP contribution in [0.1, 0.15) is 24.4 Å². The average molecular weight is 328 g/mol. The Morgan fingerprint density at radius 3 is 2.77 bits per heavy atom. The minimum absolute atomic E-state index is 0.450. The monoisotopic (exact) mass is 327 g/mol. The summed E-state index contributed by atoms with van der Waals surface area (Å²) in [5.74, 6) is 0.0801. The van der Waals surface area contributed by atoms with Gasteiger partial charge >= 0.3 is 5.97 Å². The van der Waals surface area contributed by atoms with Crippen LogP contribution in [0.25, 0.3) is 0 Å². The van der Waals surface area contributed by atoms with Crippen molar-refractivity contribution in [2.75, 3.05) is 33.9 Å². The molecule has 6 heteroatoms. The van der Waals surface area contributed by atoms with Gasteiger partial charge in [0.15, 0.2) is 0 Å². The zero-order valence-corrected chi connectivity index (χ0v) is 13.7. The molecule has 0 amide bonds. The first-order valence-corrected chi connectivity index (χ1v) is 7.75. The molecule has 22 heavy (non-hydrogen) atoms. The minimum atomic E-state index is -0.907. The van der Waals surface area contributed by atoms with Crippen LogP contribution >= 0.6 is 11.6 Å². The molecular formula is C16H22ClNO4. The molecule has 0 unspecified atom stereocenters. The molecule has 1 aromatic rings. The van der Waals surface area contributed by atoms with Gasteiger partial charge in [0.05, 0.1) is 7.11 Å². The number of hydrogen-bond donors (Lipinski definition) is 1. The van der Waals surface area contributed by atoms with Crippen LogP contribution in [-0.4, -0.2) is 49.9 Å². The topological polar surface area (TPSA) is 59.0 Å². The van der Waals surface area contributed by atoms with Gasteiger partial charge < -0.3 is 14.6 Å². The summed E-state index contributed by atoms with van der Waals surface area (Å²) < 4.78 is 10.7. The van der Waals surface area contributed by atoms with E-state index >= 15 is 0 Å². The number of aliphatic carboxylic acids is 1. The van der Waals surface area contributed by atoms with Crippen LogP contribution in [0.3, 0.4) is 0 Å². The highest BCUT2D eigenvalue weighted by Gasteiger charge is 2.30. The smallest absolute Gasteiger partial charge is 0.325 e. The molecule has 1 N–H and O–H groups in total. The SMILES string of the molecule is COc1ccc(Cl)cc1[C@@H](C(=O)O)N(C)CC1CCOCC1. The van der Waals surface area contributed by atoms with Crippen LogP contribution in [-0.2, 0) is 9.53 Å². The Morgan fingerprint density at radius 2 is 2.18 bits per heavy atom. The first-order chi connectivity index (χ1) is 10.5. The Morgan fingerprint density at radius 1 is 1.50 bits per heavy atom. The second-order valence-corrected chi connectivity index (χ2v) is 6.06. The summed E-state index contributed by atoms with van der Waals surface area (Å²) in [5.41, 5.74) is 0.581. The Balaban J connectivity index is 2.21. The predicted octanol–water partition coefficient (Wildman–Crippen LogP) is 2.83. The summed E-state index contributed by atoms with van der Waals surface area (Å²) in [7, 11) is 3.36. The number of hydrogen-bond acceptors (Lipinski definition) is 4. The highest BCUT2D eigenvalue weighted by atomic mass is 35.5. The first-order valence-electron chi connectivity index (χ1n) is 7.37. The number of carbonyl (C=O) groups is 1. The summed E-state index contributed by atoms with van der Waals surface area (Å²) in [6.07, 6.45) is 1.92. The maximum absolute atomic E-state index is 11.8. The normalized spacial score (nSPS) is 17.5. The molecule has 1 saturated heterocycles. The number of ether oxygens (including phenoxy) is 2. The van der Waals surface area contributed by atoms with Crippen molar-refractivity contribution in [1.82, 2.24) is 4.90 Å². The largest absolute Gasteiger partial charge is 0.496 e. The van der Waals surface area contributed by atoms with Gasteiger partial charge in [0.1, 0.15) is 11.8 Å². The zero-order chi connectivity index (χ0) is 16.1. The third-order valence-corrected chi connectivity index (χ3v) is 4.28. The van der Waals surface area contributed by atoms with Crippen LogP contribution in [0.2, 0.25) is 5.02 Å². The van der Waals surface area contributed by atoms with Crippen molar-refractivity contribution in [1.29, 1.82) is 0 Å². The molecular weight excluding hydrogens is 306 g/mol. The fraction of sp³-hybridized carbons (Fsp3) is 0.562. The zero-order valence-electron chi connectivity index (χ0n) is 12.9. The molecule has 1 aliphatic rings. The van der Waals surface area contributed by atoms with Gasteiger partial charge in [-0.15, -0.1) is 0 Å². The number of halogens is 1. The Hall–Kier alpha value is -1.30. The Bertz CT molecular complexity index is 517. The number of nitrogens with zero attached hydrogens (tertiary/aromatic N) is 1. The van der Waals surface area contributed by atoms with E-state index < -0.39 is 12.0 Å². The van der Waals surface area contributed by atoms with Gasteiger partial charge in [-0.05, 0) is 44.0 Å². The summed E-state index contributed by atoms with van der Waals surface area (Å²) >= 11 is 6.04. The first kappa shape index (κ1) is 17.1. The van der Waals surface area contributed by atoms with Gasteiger partial charge in [0.25, 0.3) is 0 Å². The fourth-order valence-corrected chi connectivity index (χ4v) is 3.10. The van der Waals surface area contributed by atoms with Gasteiger partial charge in [-0.2, -0.15) is 0 Å². The molecule has 122 valence electrons. The third-order valence-electron chi connectivity index (χ3n) is 4.05. The number of carboxylic acid groups (broad SMARTS) is 1. The van der Waals surface area contributed by atoms with Crippen LogP contribution < -0.4 is 4.74 Å². The molecule has 1 aliphatic heterocycles. The van der Waals surface area contributed by atoms with E-state index in [9.17, 15) is 9.90 Å². The van der Waals surface area contributed by atoms with E-state index in [1.54, 1.807) is 18.2 Å². The third kappa shape index (κ3) is 4.12. The Kier molecular flexibility index (Phi) is 6.06. The lowest BCUT2D eigenvalue weighted by Gasteiger charge is -2.31. The van der Waals surface area contributed by atoms with E-state index in [1.807, 2.05) is 11.9 Å². The minimum Gasteiger partial charge on any atom is -0.496 e. The maximum Gasteiger partial charge on any atom is 0.325 e. The summed E-state index contributed by atoms with van der Waals surface area (Å²) in [6.45, 7) is 2.20. The van der Waals surface area contributed by atoms with Crippen molar-refractivity contribution in [2.24, 2.45) is 5.92 Å². The van der Waals surface area contributed by atoms with Crippen molar-refractivity contribution in [3.8, 4) is 5.75 Å². The molecule has 0 saturated carbocycles. The van der Waals surface area contributed by atoms with Crippen molar-refractivity contribution in [3.63, 3.8) is 0 Å². The lowest BCUT2D eigenvalue weighted by Crippen LogP contribution is -2.36. The molecule has 1 aromatic carbocycles. The summed E-state index contributed by atoms with van der Waals surface area (Å²) in [5, 5.41) is 10.2. The van der Waals surface area contributed by atoms with Gasteiger partial charge in [-0.1, -0.05) is 11.6 Å². The summed E-state index contributed by atoms with van der Waals surface area (Å²) in [4.78, 5) is 13.7. The molecule has 2 rings (SSSR count). The van der Waals surface area contributed by atoms with E-state index in [0.29, 0.717) is 28.8 Å². The highest BCUT2D eigenvalue weighted by Crippen LogP contribution is 2.32. The number of carboxylic acids is 1. The second kappa shape index (κ2) is 7.81. The average Bonchev–Trinajstić information content (AvgIpc) is 2.48. The standard InChI is InChI=1S/C16H22ClNO4/c1-18(10-11-5-7-22-8-6-11)15(16(19)20)13-9-12(17)3-4-14(13)21-2/h3-4,9,11,15H,5-8,10H2,1-2H3,(H,19,20)/t15-/m0/s1. The molecule has 1 heterocycles. The van der Waals surface area contributed by atoms with E-state index in [1.165, 1.54) is 7.11 Å². The van der Waals surface area contributed by atoms with Gasteiger partial charge in [0.2, 0.25) is 0 Å². The van der Waals surface area contributed by atoms with Gasteiger partial charge in [-0.3, -0.25) is 9.69 Å². The van der Waals surface area contributed by atoms with Crippen LogP contribution in [0.4, 0.5) is 0 Å². The molecule has 1 fully saturated rings. The quantitative estimate of drug-likeness (QED) is 0.870. The molecule has 0 aromatic heterocycles. The predicted molar refractivity (Wildman–Crippen MR) is 84.6 cm³/mol. The number of methoxy groups -OCH3 is 1. The van der Waals surface area contributed by atoms with E-state index in [4.69, 9.17) is 21.1 Å². The lowest BCUT2D eigenvalue weighted by molar-refractivity contribution is -0.143. The molecule has 0 aliphatic carbocycles. The second-order valence-electron chi connectivity index (χ2n) is 5.62. The van der Waals surface area contributed by atoms with Crippen molar-refractivity contribution < 1.29 is 19.4 Å². The Labute approximate surface area is 135 Å². The maximum atomic E-state index is 11.8. The van der Waals surface area contributed by atoms with E-state index in [-0.39, 0.29) is 0 Å². The number of rotatable bonds is 6. The highest BCUT2D eigenvalue weighted by molar-refractivity contribution is 6.30. The van der Waals surface area contributed by atoms with Crippen molar-refractivity contribution in [3.05, 3.63) is 28.8 Å². The van der Waals surface area contributed by atoms with Gasteiger partial charge in [-0.25, -0.2) is 0 Å². The number of benzene rings is 1. The lowest BCUT2D eigenvalue weighted by atomic mass is 9.97. The van der Waals surface area contributed by atoms with Gasteiger partial charge in [0, 0.05) is 30.3 Å². The van der Waals surface area contributed by atoms with Crippen LogP contribution in [0.15, 0.2) is 18.2 Å². The van der Waals surface area contributed by atoms with Crippen LogP contribution in [0.5, 0.6) is 5.75 Å². The van der Waals surface area contributed by atoms with E-state index in [0.717, 1.165) is 26.1 Å². The molecule has 0 bridgehead atoms. The molecule has 1 atom stereocenters. The fourth-order valence-electron chi connectivity index (χ4n) is 2.92. The molecule has 5 nitrogen and oxygen atoms in total. The van der Waals surface area contributed by atoms with Crippen LogP contribution in [0, 0.1) is 5.92 Å². The van der Waals surface area contributed by atoms with Crippen molar-refractivity contribution >= 4 is 17.6 Å². The molecule has 0 spiro atoms. The number of likely N-dealkylation sites (N-methyl/N-ethyl adjacent to an activating group) is 1. The molecule has 0 radical (unpaired) electrons. The summed E-state index contributed by atoms with van der Waals surface area (Å²) in [6, 6.07) is 4.29. The van der Waals surface area contributed by atoms with E-state index in [2.05, 4.69) is 0 Å². The van der Waals surface area contributed by atoms with Crippen molar-refractivity contribution in [2.45, 2.75) is 18.9 Å².